The molecule has 0 saturated heterocycles. The Balaban J connectivity index is 1.90. The van der Waals surface area contributed by atoms with Gasteiger partial charge in [0.1, 0.15) is 0 Å². The summed E-state index contributed by atoms with van der Waals surface area (Å²) in [5, 5.41) is 7.79. The number of nitrogens with one attached hydrogen (secondary N) is 1. The van der Waals surface area contributed by atoms with Crippen molar-refractivity contribution in [1.82, 2.24) is 9.78 Å². The van der Waals surface area contributed by atoms with E-state index in [1.54, 1.807) is 0 Å². The minimum atomic E-state index is 0.697. The van der Waals surface area contributed by atoms with Crippen LogP contribution < -0.4 is 5.32 Å². The smallest absolute Gasteiger partial charge is 0.0726 e. The predicted molar refractivity (Wildman–Crippen MR) is 75.7 cm³/mol. The molecule has 1 N–H and O–H groups in total. The fourth-order valence-corrected chi connectivity index (χ4v) is 1.75. The molecule has 0 radical (unpaired) electrons. The van der Waals surface area contributed by atoms with Crippen molar-refractivity contribution in [2.45, 2.75) is 26.8 Å². The van der Waals surface area contributed by atoms with E-state index in [2.05, 4.69) is 54.7 Å². The highest BCUT2D eigenvalue weighted by atomic mass is 15.3. The first kappa shape index (κ1) is 12.7. The maximum Gasteiger partial charge on any atom is 0.0726 e. The third-order valence-electron chi connectivity index (χ3n) is 3.17. The lowest BCUT2D eigenvalue weighted by atomic mass is 10.1. The molecule has 3 nitrogen and oxygen atoms in total. The Hall–Kier alpha value is -1.77. The van der Waals surface area contributed by atoms with Gasteiger partial charge in [-0.25, -0.2) is 0 Å². The SMILES string of the molecule is CCC(C)CNc1cnn(Cc2ccccc2)c1. The standard InChI is InChI=1S/C15H21N3/c1-3-13(2)9-16-15-10-17-18(12-15)11-14-7-5-4-6-8-14/h4-8,10,12-13,16H,3,9,11H2,1-2H3. The van der Waals surface area contributed by atoms with Gasteiger partial charge in [0.05, 0.1) is 18.4 Å². The summed E-state index contributed by atoms with van der Waals surface area (Å²) < 4.78 is 1.97. The molecular formula is C15H21N3. The van der Waals surface area contributed by atoms with Crippen molar-refractivity contribution in [1.29, 1.82) is 0 Å². The van der Waals surface area contributed by atoms with Crippen LogP contribution in [0.15, 0.2) is 42.7 Å². The van der Waals surface area contributed by atoms with Crippen molar-refractivity contribution in [2.24, 2.45) is 5.92 Å². The van der Waals surface area contributed by atoms with Gasteiger partial charge in [0, 0.05) is 12.7 Å². The van der Waals surface area contributed by atoms with Crippen LogP contribution in [0.25, 0.3) is 0 Å². The fourth-order valence-electron chi connectivity index (χ4n) is 1.75. The van der Waals surface area contributed by atoms with Gasteiger partial charge in [-0.1, -0.05) is 50.6 Å². The van der Waals surface area contributed by atoms with Gasteiger partial charge in [-0.15, -0.1) is 0 Å². The molecule has 1 atom stereocenters. The second-order valence-electron chi connectivity index (χ2n) is 4.81. The highest BCUT2D eigenvalue weighted by molar-refractivity contribution is 5.38. The van der Waals surface area contributed by atoms with Crippen molar-refractivity contribution in [3.8, 4) is 0 Å². The summed E-state index contributed by atoms with van der Waals surface area (Å²) in [6.07, 6.45) is 5.16. The average molecular weight is 243 g/mol. The molecule has 1 heterocycles. The van der Waals surface area contributed by atoms with Crippen LogP contribution in [-0.4, -0.2) is 16.3 Å². The first-order chi connectivity index (χ1) is 8.78. The molecule has 0 amide bonds. The summed E-state index contributed by atoms with van der Waals surface area (Å²) in [6.45, 7) is 6.30. The van der Waals surface area contributed by atoms with Gasteiger partial charge < -0.3 is 5.32 Å². The molecule has 0 bridgehead atoms. The molecule has 0 aliphatic carbocycles. The quantitative estimate of drug-likeness (QED) is 0.842. The van der Waals surface area contributed by atoms with Gasteiger partial charge in [-0.3, -0.25) is 4.68 Å². The molecule has 0 fully saturated rings. The maximum absolute atomic E-state index is 4.37. The van der Waals surface area contributed by atoms with Crippen molar-refractivity contribution in [2.75, 3.05) is 11.9 Å². The van der Waals surface area contributed by atoms with Crippen LogP contribution >= 0.6 is 0 Å². The van der Waals surface area contributed by atoms with E-state index in [0.29, 0.717) is 5.92 Å². The predicted octanol–water partition coefficient (Wildman–Crippen LogP) is 3.39. The molecule has 0 saturated carbocycles. The van der Waals surface area contributed by atoms with Gasteiger partial charge in [0.25, 0.3) is 0 Å². The van der Waals surface area contributed by atoms with Crippen LogP contribution in [0.1, 0.15) is 25.8 Å². The highest BCUT2D eigenvalue weighted by Crippen LogP contribution is 2.09. The zero-order valence-electron chi connectivity index (χ0n) is 11.1. The van der Waals surface area contributed by atoms with Crippen molar-refractivity contribution in [3.63, 3.8) is 0 Å². The first-order valence-corrected chi connectivity index (χ1v) is 6.58. The molecular weight excluding hydrogens is 222 g/mol. The lowest BCUT2D eigenvalue weighted by molar-refractivity contribution is 0.593. The molecule has 0 aliphatic rings. The molecule has 2 aromatic rings. The summed E-state index contributed by atoms with van der Waals surface area (Å²) >= 11 is 0. The summed E-state index contributed by atoms with van der Waals surface area (Å²) in [4.78, 5) is 0. The summed E-state index contributed by atoms with van der Waals surface area (Å²) in [5.41, 5.74) is 2.38. The summed E-state index contributed by atoms with van der Waals surface area (Å²) in [7, 11) is 0. The van der Waals surface area contributed by atoms with Crippen molar-refractivity contribution >= 4 is 5.69 Å². The molecule has 0 spiro atoms. The fraction of sp³-hybridized carbons (Fsp3) is 0.400. The third kappa shape index (κ3) is 3.62. The van der Waals surface area contributed by atoms with Crippen molar-refractivity contribution in [3.05, 3.63) is 48.3 Å². The lowest BCUT2D eigenvalue weighted by Gasteiger charge is -2.08. The number of nitrogens with zero attached hydrogens (tertiary/aromatic N) is 2. The van der Waals surface area contributed by atoms with E-state index >= 15 is 0 Å². The molecule has 0 aliphatic heterocycles. The molecule has 96 valence electrons. The monoisotopic (exact) mass is 243 g/mol. The van der Waals surface area contributed by atoms with E-state index in [4.69, 9.17) is 0 Å². The Kier molecular flexibility index (Phi) is 4.40. The number of hydrogen-bond donors (Lipinski definition) is 1. The number of anilines is 1. The maximum atomic E-state index is 4.37. The first-order valence-electron chi connectivity index (χ1n) is 6.58. The molecule has 1 aromatic heterocycles. The van der Waals surface area contributed by atoms with Crippen LogP contribution in [0, 0.1) is 5.92 Å². The van der Waals surface area contributed by atoms with Crippen LogP contribution in [0.4, 0.5) is 5.69 Å². The Morgan fingerprint density at radius 2 is 2.06 bits per heavy atom. The van der Waals surface area contributed by atoms with Gasteiger partial charge >= 0.3 is 0 Å². The van der Waals surface area contributed by atoms with E-state index < -0.39 is 0 Å². The third-order valence-corrected chi connectivity index (χ3v) is 3.17. The molecule has 2 rings (SSSR count). The highest BCUT2D eigenvalue weighted by Gasteiger charge is 2.01. The van der Waals surface area contributed by atoms with Crippen molar-refractivity contribution < 1.29 is 0 Å². The zero-order chi connectivity index (χ0) is 12.8. The van der Waals surface area contributed by atoms with E-state index in [1.807, 2.05) is 16.9 Å². The second kappa shape index (κ2) is 6.24. The van der Waals surface area contributed by atoms with E-state index in [-0.39, 0.29) is 0 Å². The Morgan fingerprint density at radius 3 is 2.78 bits per heavy atom. The molecule has 18 heavy (non-hydrogen) atoms. The average Bonchev–Trinajstić information content (AvgIpc) is 2.85. The van der Waals surface area contributed by atoms with Crippen LogP contribution in [-0.2, 0) is 6.54 Å². The zero-order valence-corrected chi connectivity index (χ0v) is 11.1. The van der Waals surface area contributed by atoms with Gasteiger partial charge in [0.2, 0.25) is 0 Å². The lowest BCUT2D eigenvalue weighted by Crippen LogP contribution is -2.09. The summed E-state index contributed by atoms with van der Waals surface area (Å²) in [5.74, 6) is 0.697. The van der Waals surface area contributed by atoms with Gasteiger partial charge in [0.15, 0.2) is 0 Å². The van der Waals surface area contributed by atoms with Crippen LogP contribution in [0.2, 0.25) is 0 Å². The van der Waals surface area contributed by atoms with E-state index in [1.165, 1.54) is 12.0 Å². The van der Waals surface area contributed by atoms with Crippen LogP contribution in [0.5, 0.6) is 0 Å². The Morgan fingerprint density at radius 1 is 1.28 bits per heavy atom. The minimum Gasteiger partial charge on any atom is -0.382 e. The summed E-state index contributed by atoms with van der Waals surface area (Å²) in [6, 6.07) is 10.4. The normalized spacial score (nSPS) is 12.3. The molecule has 1 unspecified atom stereocenters. The number of benzene rings is 1. The van der Waals surface area contributed by atoms with Gasteiger partial charge in [-0.2, -0.15) is 5.10 Å². The topological polar surface area (TPSA) is 29.9 Å². The number of hydrogen-bond acceptors (Lipinski definition) is 2. The molecule has 1 aromatic carbocycles. The van der Waals surface area contributed by atoms with E-state index in [9.17, 15) is 0 Å². The van der Waals surface area contributed by atoms with E-state index in [0.717, 1.165) is 18.8 Å². The number of aromatic nitrogens is 2. The largest absolute Gasteiger partial charge is 0.382 e. The van der Waals surface area contributed by atoms with Gasteiger partial charge in [-0.05, 0) is 11.5 Å². The number of rotatable bonds is 6. The minimum absolute atomic E-state index is 0.697. The Bertz CT molecular complexity index is 462. The molecule has 3 heteroatoms. The van der Waals surface area contributed by atoms with Crippen LogP contribution in [0.3, 0.4) is 0 Å². The Labute approximate surface area is 109 Å². The second-order valence-corrected chi connectivity index (χ2v) is 4.81.